The Morgan fingerprint density at radius 1 is 1.46 bits per heavy atom. The van der Waals surface area contributed by atoms with Crippen LogP contribution in [-0.2, 0) is 0 Å². The summed E-state index contributed by atoms with van der Waals surface area (Å²) in [6.07, 6.45) is 0. The maximum absolute atomic E-state index is 10.6. The van der Waals surface area contributed by atoms with Crippen molar-refractivity contribution in [2.75, 3.05) is 7.05 Å². The quantitative estimate of drug-likeness (QED) is 0.570. The Morgan fingerprint density at radius 2 is 2.08 bits per heavy atom. The molecule has 0 bridgehead atoms. The second-order valence-electron chi connectivity index (χ2n) is 2.83. The van der Waals surface area contributed by atoms with E-state index in [1.165, 1.54) is 6.07 Å². The van der Waals surface area contributed by atoms with E-state index in [-0.39, 0.29) is 16.7 Å². The molecule has 1 atom stereocenters. The second kappa shape index (κ2) is 4.00. The molecule has 0 aliphatic rings. The van der Waals surface area contributed by atoms with Gasteiger partial charge in [-0.1, -0.05) is 18.2 Å². The van der Waals surface area contributed by atoms with E-state index in [1.807, 2.05) is 6.92 Å². The van der Waals surface area contributed by atoms with Gasteiger partial charge in [0.25, 0.3) is 5.69 Å². The van der Waals surface area contributed by atoms with Crippen molar-refractivity contribution in [1.82, 2.24) is 5.32 Å². The minimum absolute atomic E-state index is 0.00148. The van der Waals surface area contributed by atoms with Gasteiger partial charge in [0, 0.05) is 17.7 Å². The van der Waals surface area contributed by atoms with Crippen molar-refractivity contribution in [3.63, 3.8) is 0 Å². The standard InChI is InChI=1S/C9H12N2O2/c1-7(10-2)8-5-3-4-6-9(8)11(12)13/h3-7,10H,1-2H3/t7-/m0/s1. The molecule has 4 heteroatoms. The molecule has 0 heterocycles. The lowest BCUT2D eigenvalue weighted by Crippen LogP contribution is -2.13. The summed E-state index contributed by atoms with van der Waals surface area (Å²) in [6.45, 7) is 1.89. The first kappa shape index (κ1) is 9.67. The number of nitrogens with one attached hydrogen (secondary N) is 1. The van der Waals surface area contributed by atoms with E-state index in [4.69, 9.17) is 0 Å². The number of benzene rings is 1. The number of nitro groups is 1. The lowest BCUT2D eigenvalue weighted by Gasteiger charge is -2.09. The number of rotatable bonds is 3. The minimum atomic E-state index is -0.358. The molecule has 1 N–H and O–H groups in total. The third-order valence-corrected chi connectivity index (χ3v) is 2.03. The number of nitrogens with zero attached hydrogens (tertiary/aromatic N) is 1. The average Bonchev–Trinajstić information content (AvgIpc) is 2.16. The summed E-state index contributed by atoms with van der Waals surface area (Å²) in [6, 6.07) is 6.75. The molecule has 4 nitrogen and oxygen atoms in total. The highest BCUT2D eigenvalue weighted by Gasteiger charge is 2.15. The van der Waals surface area contributed by atoms with E-state index in [0.717, 1.165) is 5.56 Å². The Morgan fingerprint density at radius 3 is 2.62 bits per heavy atom. The van der Waals surface area contributed by atoms with Gasteiger partial charge >= 0.3 is 0 Å². The summed E-state index contributed by atoms with van der Waals surface area (Å²) in [5, 5.41) is 13.6. The van der Waals surface area contributed by atoms with Crippen molar-refractivity contribution in [3.05, 3.63) is 39.9 Å². The van der Waals surface area contributed by atoms with Crippen LogP contribution in [0, 0.1) is 10.1 Å². The predicted molar refractivity (Wildman–Crippen MR) is 50.6 cm³/mol. The molecular weight excluding hydrogens is 168 g/mol. The van der Waals surface area contributed by atoms with Crippen LogP contribution in [0.1, 0.15) is 18.5 Å². The molecule has 1 rings (SSSR count). The molecule has 0 radical (unpaired) electrons. The molecule has 13 heavy (non-hydrogen) atoms. The van der Waals surface area contributed by atoms with Crippen molar-refractivity contribution >= 4 is 5.69 Å². The highest BCUT2D eigenvalue weighted by molar-refractivity contribution is 5.41. The monoisotopic (exact) mass is 180 g/mol. The van der Waals surface area contributed by atoms with Crippen molar-refractivity contribution in [2.24, 2.45) is 0 Å². The number of hydrogen-bond acceptors (Lipinski definition) is 3. The van der Waals surface area contributed by atoms with Crippen LogP contribution in [0.15, 0.2) is 24.3 Å². The molecule has 0 aliphatic carbocycles. The average molecular weight is 180 g/mol. The van der Waals surface area contributed by atoms with E-state index in [0.29, 0.717) is 0 Å². The van der Waals surface area contributed by atoms with Crippen LogP contribution in [0.25, 0.3) is 0 Å². The van der Waals surface area contributed by atoms with Gasteiger partial charge in [0.05, 0.1) is 4.92 Å². The van der Waals surface area contributed by atoms with E-state index in [9.17, 15) is 10.1 Å². The first-order valence-corrected chi connectivity index (χ1v) is 4.07. The van der Waals surface area contributed by atoms with Gasteiger partial charge in [-0.2, -0.15) is 0 Å². The fourth-order valence-corrected chi connectivity index (χ4v) is 1.18. The van der Waals surface area contributed by atoms with Gasteiger partial charge in [-0.05, 0) is 14.0 Å². The predicted octanol–water partition coefficient (Wildman–Crippen LogP) is 1.88. The summed E-state index contributed by atoms with van der Waals surface area (Å²) in [5.41, 5.74) is 0.888. The van der Waals surface area contributed by atoms with E-state index >= 15 is 0 Å². The summed E-state index contributed by atoms with van der Waals surface area (Å²) < 4.78 is 0. The Labute approximate surface area is 76.7 Å². The highest BCUT2D eigenvalue weighted by Crippen LogP contribution is 2.23. The Bertz CT molecular complexity index is 312. The second-order valence-corrected chi connectivity index (χ2v) is 2.83. The SMILES string of the molecule is CN[C@@H](C)c1ccccc1[N+](=O)[O-]. The van der Waals surface area contributed by atoms with Crippen LogP contribution in [0.5, 0.6) is 0 Å². The third-order valence-electron chi connectivity index (χ3n) is 2.03. The fourth-order valence-electron chi connectivity index (χ4n) is 1.18. The van der Waals surface area contributed by atoms with Crippen LogP contribution < -0.4 is 5.32 Å². The summed E-state index contributed by atoms with van der Waals surface area (Å²) in [4.78, 5) is 10.3. The lowest BCUT2D eigenvalue weighted by atomic mass is 10.1. The lowest BCUT2D eigenvalue weighted by molar-refractivity contribution is -0.385. The van der Waals surface area contributed by atoms with E-state index in [1.54, 1.807) is 25.2 Å². The third kappa shape index (κ3) is 2.03. The van der Waals surface area contributed by atoms with Gasteiger partial charge in [0.2, 0.25) is 0 Å². The van der Waals surface area contributed by atoms with Crippen molar-refractivity contribution in [3.8, 4) is 0 Å². The molecule has 0 unspecified atom stereocenters. The fraction of sp³-hybridized carbons (Fsp3) is 0.333. The first-order valence-electron chi connectivity index (χ1n) is 4.07. The van der Waals surface area contributed by atoms with E-state index in [2.05, 4.69) is 5.32 Å². The largest absolute Gasteiger partial charge is 0.313 e. The highest BCUT2D eigenvalue weighted by atomic mass is 16.6. The van der Waals surface area contributed by atoms with E-state index < -0.39 is 0 Å². The van der Waals surface area contributed by atoms with Crippen molar-refractivity contribution in [2.45, 2.75) is 13.0 Å². The van der Waals surface area contributed by atoms with Crippen LogP contribution in [0.2, 0.25) is 0 Å². The molecule has 0 amide bonds. The minimum Gasteiger partial charge on any atom is -0.313 e. The van der Waals surface area contributed by atoms with Gasteiger partial charge < -0.3 is 5.32 Å². The number of hydrogen-bond donors (Lipinski definition) is 1. The molecule has 0 saturated heterocycles. The molecular formula is C9H12N2O2. The molecule has 0 saturated carbocycles. The van der Waals surface area contributed by atoms with Crippen LogP contribution in [0.3, 0.4) is 0 Å². The zero-order valence-corrected chi connectivity index (χ0v) is 7.65. The summed E-state index contributed by atoms with van der Waals surface area (Å²) in [7, 11) is 1.78. The summed E-state index contributed by atoms with van der Waals surface area (Å²) in [5.74, 6) is 0. The topological polar surface area (TPSA) is 55.2 Å². The molecule has 1 aromatic rings. The maximum Gasteiger partial charge on any atom is 0.274 e. The zero-order chi connectivity index (χ0) is 9.84. The van der Waals surface area contributed by atoms with Crippen LogP contribution >= 0.6 is 0 Å². The number of nitro benzene ring substituents is 1. The Balaban J connectivity index is 3.11. The van der Waals surface area contributed by atoms with Gasteiger partial charge in [0.15, 0.2) is 0 Å². The smallest absolute Gasteiger partial charge is 0.274 e. The van der Waals surface area contributed by atoms with Crippen molar-refractivity contribution in [1.29, 1.82) is 0 Å². The molecule has 0 fully saturated rings. The molecule has 1 aromatic carbocycles. The normalized spacial score (nSPS) is 12.5. The van der Waals surface area contributed by atoms with Crippen molar-refractivity contribution < 1.29 is 4.92 Å². The molecule has 0 aliphatic heterocycles. The van der Waals surface area contributed by atoms with Gasteiger partial charge in [-0.15, -0.1) is 0 Å². The molecule has 0 spiro atoms. The maximum atomic E-state index is 10.6. The van der Waals surface area contributed by atoms with Gasteiger partial charge in [-0.25, -0.2) is 0 Å². The zero-order valence-electron chi connectivity index (χ0n) is 7.65. The molecule has 0 aromatic heterocycles. The first-order chi connectivity index (χ1) is 6.16. The van der Waals surface area contributed by atoms with Crippen LogP contribution in [0.4, 0.5) is 5.69 Å². The van der Waals surface area contributed by atoms with Gasteiger partial charge in [0.1, 0.15) is 0 Å². The number of para-hydroxylation sites is 1. The Kier molecular flexibility index (Phi) is 2.97. The van der Waals surface area contributed by atoms with Gasteiger partial charge in [-0.3, -0.25) is 10.1 Å². The van der Waals surface area contributed by atoms with Crippen LogP contribution in [-0.4, -0.2) is 12.0 Å². The molecule has 70 valence electrons. The Hall–Kier alpha value is -1.42. The summed E-state index contributed by atoms with van der Waals surface area (Å²) >= 11 is 0.